The van der Waals surface area contributed by atoms with Gasteiger partial charge in [0.1, 0.15) is 4.32 Å². The van der Waals surface area contributed by atoms with E-state index in [2.05, 4.69) is 0 Å². The molecule has 2 amide bonds. The monoisotopic (exact) mass is 518 g/mol. The molecule has 0 saturated carbocycles. The fourth-order valence-corrected chi connectivity index (χ4v) is 6.51. The SMILES string of the molecule is O=C1C(=Cc2ccc3c(c2)OCO3)SC(=S)N1CCC(=O)N1c2ccccc2Sc2ccccc21. The first-order valence-electron chi connectivity index (χ1n) is 10.9. The lowest BCUT2D eigenvalue weighted by atomic mass is 10.2. The second-order valence-corrected chi connectivity index (χ2v) is 10.7. The van der Waals surface area contributed by atoms with Gasteiger partial charge in [0, 0.05) is 22.8 Å². The van der Waals surface area contributed by atoms with Crippen LogP contribution in [0.1, 0.15) is 12.0 Å². The van der Waals surface area contributed by atoms with E-state index in [9.17, 15) is 9.59 Å². The predicted octanol–water partition coefficient (Wildman–Crippen LogP) is 5.84. The first-order valence-corrected chi connectivity index (χ1v) is 13.0. The number of anilines is 2. The van der Waals surface area contributed by atoms with Gasteiger partial charge in [0.15, 0.2) is 11.5 Å². The largest absolute Gasteiger partial charge is 0.454 e. The van der Waals surface area contributed by atoms with Crippen molar-refractivity contribution in [3.8, 4) is 11.5 Å². The van der Waals surface area contributed by atoms with Crippen molar-refractivity contribution in [2.45, 2.75) is 16.2 Å². The van der Waals surface area contributed by atoms with Crippen LogP contribution < -0.4 is 14.4 Å². The van der Waals surface area contributed by atoms with Crippen molar-refractivity contribution in [2.75, 3.05) is 18.2 Å². The van der Waals surface area contributed by atoms with E-state index in [1.807, 2.05) is 66.7 Å². The number of hydrogen-bond acceptors (Lipinski definition) is 7. The molecule has 0 unspecified atom stereocenters. The predicted molar refractivity (Wildman–Crippen MR) is 141 cm³/mol. The smallest absolute Gasteiger partial charge is 0.266 e. The van der Waals surface area contributed by atoms with E-state index in [1.54, 1.807) is 22.7 Å². The second-order valence-electron chi connectivity index (χ2n) is 7.96. The number of nitrogens with zero attached hydrogens (tertiary/aromatic N) is 2. The van der Waals surface area contributed by atoms with Crippen LogP contribution in [0.3, 0.4) is 0 Å². The Balaban J connectivity index is 1.20. The molecule has 0 aliphatic carbocycles. The van der Waals surface area contributed by atoms with Gasteiger partial charge in [-0.3, -0.25) is 19.4 Å². The Hall–Kier alpha value is -3.27. The molecule has 0 bridgehead atoms. The third kappa shape index (κ3) is 4.09. The normalized spacial score (nSPS) is 17.1. The molecule has 3 aliphatic rings. The summed E-state index contributed by atoms with van der Waals surface area (Å²) in [5.41, 5.74) is 2.54. The van der Waals surface area contributed by atoms with Crippen LogP contribution in [0.5, 0.6) is 11.5 Å². The molecule has 0 spiro atoms. The highest BCUT2D eigenvalue weighted by molar-refractivity contribution is 8.26. The minimum Gasteiger partial charge on any atom is -0.454 e. The Labute approximate surface area is 215 Å². The Morgan fingerprint density at radius 3 is 2.37 bits per heavy atom. The average Bonchev–Trinajstić information content (AvgIpc) is 3.44. The zero-order valence-corrected chi connectivity index (χ0v) is 20.8. The van der Waals surface area contributed by atoms with Gasteiger partial charge < -0.3 is 9.47 Å². The van der Waals surface area contributed by atoms with Crippen LogP contribution in [0.25, 0.3) is 6.08 Å². The van der Waals surface area contributed by atoms with Crippen LogP contribution in [0.2, 0.25) is 0 Å². The maximum absolute atomic E-state index is 13.5. The zero-order valence-electron chi connectivity index (χ0n) is 18.3. The lowest BCUT2D eigenvalue weighted by Gasteiger charge is -2.31. The highest BCUT2D eigenvalue weighted by Crippen LogP contribution is 2.48. The van der Waals surface area contributed by atoms with Crippen molar-refractivity contribution in [2.24, 2.45) is 0 Å². The van der Waals surface area contributed by atoms with Gasteiger partial charge in [0.2, 0.25) is 12.7 Å². The summed E-state index contributed by atoms with van der Waals surface area (Å²) in [6.45, 7) is 0.412. The number of carbonyl (C=O) groups is 2. The number of hydrogen-bond donors (Lipinski definition) is 0. The third-order valence-corrected chi connectivity index (χ3v) is 8.31. The number of ether oxygens (including phenoxy) is 2. The number of carbonyl (C=O) groups excluding carboxylic acids is 2. The third-order valence-electron chi connectivity index (χ3n) is 5.80. The standard InChI is InChI=1S/C26H18N2O4S3/c29-24(28-17-5-1-3-7-21(17)34-22-8-4-2-6-18(22)28)11-12-27-25(30)23(35-26(27)33)14-16-9-10-19-20(13-16)32-15-31-19/h1-10,13-14H,11-12,15H2. The van der Waals surface area contributed by atoms with E-state index in [0.717, 1.165) is 26.7 Å². The number of fused-ring (bicyclic) bond motifs is 3. The number of thiocarbonyl (C=S) groups is 1. The lowest BCUT2D eigenvalue weighted by molar-refractivity contribution is -0.123. The van der Waals surface area contributed by atoms with Crippen LogP contribution in [0.4, 0.5) is 11.4 Å². The Morgan fingerprint density at radius 1 is 0.943 bits per heavy atom. The zero-order chi connectivity index (χ0) is 23.9. The molecular formula is C26H18N2O4S3. The maximum atomic E-state index is 13.5. The topological polar surface area (TPSA) is 59.1 Å². The van der Waals surface area contributed by atoms with E-state index < -0.39 is 0 Å². The first kappa shape index (κ1) is 22.2. The number of amides is 2. The molecule has 1 saturated heterocycles. The Kier molecular flexibility index (Phi) is 5.75. The van der Waals surface area contributed by atoms with Gasteiger partial charge in [-0.05, 0) is 48.0 Å². The molecule has 6 nitrogen and oxygen atoms in total. The first-order chi connectivity index (χ1) is 17.1. The molecule has 3 aliphatic heterocycles. The van der Waals surface area contributed by atoms with Gasteiger partial charge in [-0.25, -0.2) is 0 Å². The van der Waals surface area contributed by atoms with Crippen molar-refractivity contribution in [1.29, 1.82) is 0 Å². The summed E-state index contributed by atoms with van der Waals surface area (Å²) in [5.74, 6) is 1.06. The number of para-hydroxylation sites is 2. The summed E-state index contributed by atoms with van der Waals surface area (Å²) >= 11 is 8.37. The van der Waals surface area contributed by atoms with Crippen LogP contribution >= 0.6 is 35.7 Å². The van der Waals surface area contributed by atoms with E-state index in [0.29, 0.717) is 20.7 Å². The van der Waals surface area contributed by atoms with Crippen molar-refractivity contribution >= 4 is 69.3 Å². The van der Waals surface area contributed by atoms with Crippen molar-refractivity contribution in [3.05, 3.63) is 77.2 Å². The molecule has 6 rings (SSSR count). The van der Waals surface area contributed by atoms with Gasteiger partial charge in [-0.1, -0.05) is 66.1 Å². The Bertz CT molecular complexity index is 1380. The summed E-state index contributed by atoms with van der Waals surface area (Å²) in [5, 5.41) is 0. The quantitative estimate of drug-likeness (QED) is 0.318. The molecular weight excluding hydrogens is 500 g/mol. The molecule has 3 aromatic rings. The van der Waals surface area contributed by atoms with Gasteiger partial charge >= 0.3 is 0 Å². The summed E-state index contributed by atoms with van der Waals surface area (Å²) in [7, 11) is 0. The highest BCUT2D eigenvalue weighted by atomic mass is 32.2. The highest BCUT2D eigenvalue weighted by Gasteiger charge is 2.34. The van der Waals surface area contributed by atoms with E-state index >= 15 is 0 Å². The summed E-state index contributed by atoms with van der Waals surface area (Å²) < 4.78 is 11.2. The molecule has 9 heteroatoms. The van der Waals surface area contributed by atoms with E-state index in [4.69, 9.17) is 21.7 Å². The van der Waals surface area contributed by atoms with Gasteiger partial charge in [0.25, 0.3) is 5.91 Å². The van der Waals surface area contributed by atoms with Crippen LogP contribution in [0, 0.1) is 0 Å². The number of rotatable bonds is 4. The summed E-state index contributed by atoms with van der Waals surface area (Å²) in [4.78, 5) is 32.4. The second kappa shape index (κ2) is 9.07. The van der Waals surface area contributed by atoms with E-state index in [1.165, 1.54) is 16.7 Å². The molecule has 0 aromatic heterocycles. The van der Waals surface area contributed by atoms with Crippen LogP contribution in [-0.4, -0.2) is 34.4 Å². The van der Waals surface area contributed by atoms with Crippen molar-refractivity contribution < 1.29 is 19.1 Å². The average molecular weight is 519 g/mol. The van der Waals surface area contributed by atoms with E-state index in [-0.39, 0.29) is 31.6 Å². The van der Waals surface area contributed by atoms with Crippen LogP contribution in [0.15, 0.2) is 81.4 Å². The molecule has 35 heavy (non-hydrogen) atoms. The molecule has 0 radical (unpaired) electrons. The molecule has 1 fully saturated rings. The lowest BCUT2D eigenvalue weighted by Crippen LogP contribution is -2.35. The van der Waals surface area contributed by atoms with Gasteiger partial charge in [-0.15, -0.1) is 0 Å². The molecule has 174 valence electrons. The molecule has 0 atom stereocenters. The minimum atomic E-state index is -0.194. The van der Waals surface area contributed by atoms with Crippen molar-refractivity contribution in [1.82, 2.24) is 4.90 Å². The fourth-order valence-electron chi connectivity index (χ4n) is 4.14. The minimum absolute atomic E-state index is 0.0843. The summed E-state index contributed by atoms with van der Waals surface area (Å²) in [6.07, 6.45) is 1.94. The Morgan fingerprint density at radius 2 is 1.63 bits per heavy atom. The van der Waals surface area contributed by atoms with Crippen molar-refractivity contribution in [3.63, 3.8) is 0 Å². The number of thioether (sulfide) groups is 1. The fraction of sp³-hybridized carbons (Fsp3) is 0.115. The van der Waals surface area contributed by atoms with Gasteiger partial charge in [0.05, 0.1) is 16.3 Å². The molecule has 3 heterocycles. The van der Waals surface area contributed by atoms with Gasteiger partial charge in [-0.2, -0.15) is 0 Å². The van der Waals surface area contributed by atoms with Crippen LogP contribution in [-0.2, 0) is 9.59 Å². The maximum Gasteiger partial charge on any atom is 0.266 e. The molecule has 3 aromatic carbocycles. The summed E-state index contributed by atoms with van der Waals surface area (Å²) in [6, 6.07) is 21.2. The molecule has 0 N–H and O–H groups in total. The number of benzene rings is 3.